The summed E-state index contributed by atoms with van der Waals surface area (Å²) in [6.07, 6.45) is 9.10. The molecular formula is C22H30O4. The fraction of sp³-hybridized carbons (Fsp3) is 0.636. The van der Waals surface area contributed by atoms with E-state index < -0.39 is 5.41 Å². The summed E-state index contributed by atoms with van der Waals surface area (Å²) in [6.45, 7) is 8.80. The van der Waals surface area contributed by atoms with Crippen molar-refractivity contribution >= 4 is 12.3 Å². The smallest absolute Gasteiger partial charge is 0.311 e. The van der Waals surface area contributed by atoms with Gasteiger partial charge in [0.1, 0.15) is 0 Å². The van der Waals surface area contributed by atoms with Crippen LogP contribution in [0.1, 0.15) is 68.5 Å². The monoisotopic (exact) mass is 358 g/mol. The summed E-state index contributed by atoms with van der Waals surface area (Å²) in [6, 6.07) is 1.88. The van der Waals surface area contributed by atoms with Crippen molar-refractivity contribution in [2.24, 2.45) is 22.7 Å². The van der Waals surface area contributed by atoms with E-state index in [1.54, 1.807) is 6.26 Å². The van der Waals surface area contributed by atoms with E-state index >= 15 is 0 Å². The highest BCUT2D eigenvalue weighted by molar-refractivity contribution is 5.77. The van der Waals surface area contributed by atoms with Gasteiger partial charge in [0.15, 0.2) is 12.0 Å². The molecule has 142 valence electrons. The van der Waals surface area contributed by atoms with Gasteiger partial charge in [-0.15, -0.1) is 0 Å². The number of aryl methyl sites for hydroxylation is 1. The Morgan fingerprint density at radius 1 is 1.42 bits per heavy atom. The number of aldehydes is 1. The maximum atomic E-state index is 12.6. The lowest BCUT2D eigenvalue weighted by molar-refractivity contribution is -0.168. The molecule has 2 saturated carbocycles. The van der Waals surface area contributed by atoms with E-state index in [9.17, 15) is 9.59 Å². The summed E-state index contributed by atoms with van der Waals surface area (Å²) in [5.74, 6) is 1.01. The van der Waals surface area contributed by atoms with Crippen LogP contribution in [0.25, 0.3) is 0 Å². The number of esters is 1. The number of carbonyl (C=O) groups excluding carboxylic acids is 2. The average Bonchev–Trinajstić information content (AvgIpc) is 3.07. The van der Waals surface area contributed by atoms with Gasteiger partial charge in [-0.05, 0) is 68.8 Å². The van der Waals surface area contributed by atoms with Crippen molar-refractivity contribution in [2.75, 3.05) is 7.11 Å². The topological polar surface area (TPSA) is 56.5 Å². The zero-order valence-electron chi connectivity index (χ0n) is 16.2. The Balaban J connectivity index is 1.86. The molecule has 1 heterocycles. The van der Waals surface area contributed by atoms with E-state index in [-0.39, 0.29) is 11.4 Å². The number of carbonyl (C=O) groups is 2. The van der Waals surface area contributed by atoms with Crippen LogP contribution in [-0.4, -0.2) is 19.4 Å². The third-order valence-electron chi connectivity index (χ3n) is 7.26. The molecule has 4 heteroatoms. The van der Waals surface area contributed by atoms with E-state index in [2.05, 4.69) is 20.4 Å². The van der Waals surface area contributed by atoms with E-state index in [0.717, 1.165) is 56.8 Å². The second-order valence-electron chi connectivity index (χ2n) is 8.54. The zero-order chi connectivity index (χ0) is 18.9. The summed E-state index contributed by atoms with van der Waals surface area (Å²) in [5.41, 5.74) is 1.88. The van der Waals surface area contributed by atoms with E-state index in [4.69, 9.17) is 9.15 Å². The number of ether oxygens (including phenoxy) is 1. The minimum Gasteiger partial charge on any atom is -0.469 e. The molecule has 0 N–H and O–H groups in total. The first-order chi connectivity index (χ1) is 12.4. The maximum Gasteiger partial charge on any atom is 0.311 e. The van der Waals surface area contributed by atoms with Gasteiger partial charge in [-0.1, -0.05) is 25.5 Å². The Labute approximate surface area is 156 Å². The summed E-state index contributed by atoms with van der Waals surface area (Å²) in [4.78, 5) is 23.7. The highest BCUT2D eigenvalue weighted by atomic mass is 16.5. The third-order valence-corrected chi connectivity index (χ3v) is 7.26. The average molecular weight is 358 g/mol. The Hall–Kier alpha value is -1.84. The molecule has 0 saturated heterocycles. The molecule has 4 nitrogen and oxygen atoms in total. The van der Waals surface area contributed by atoms with Crippen LogP contribution in [0.3, 0.4) is 0 Å². The number of fused-ring (bicyclic) bond motifs is 1. The van der Waals surface area contributed by atoms with Crippen LogP contribution in [0.5, 0.6) is 0 Å². The summed E-state index contributed by atoms with van der Waals surface area (Å²) in [5, 5.41) is 0. The van der Waals surface area contributed by atoms with Crippen LogP contribution < -0.4 is 0 Å². The van der Waals surface area contributed by atoms with Gasteiger partial charge in [0, 0.05) is 5.56 Å². The van der Waals surface area contributed by atoms with Gasteiger partial charge in [0.25, 0.3) is 0 Å². The number of hydrogen-bond acceptors (Lipinski definition) is 4. The van der Waals surface area contributed by atoms with Crippen molar-refractivity contribution in [3.05, 3.63) is 35.8 Å². The van der Waals surface area contributed by atoms with E-state index in [1.165, 1.54) is 12.7 Å². The second kappa shape index (κ2) is 7.05. The number of hydrogen-bond donors (Lipinski definition) is 0. The highest BCUT2D eigenvalue weighted by Crippen LogP contribution is 2.62. The molecule has 0 bridgehead atoms. The lowest BCUT2D eigenvalue weighted by atomic mass is 9.46. The first kappa shape index (κ1) is 18.9. The van der Waals surface area contributed by atoms with Crippen LogP contribution in [0.15, 0.2) is 28.9 Å². The molecule has 4 atom stereocenters. The standard InChI is InChI=1S/C22H30O4/c1-15-6-9-19-21(2,11-5-12-22(19,3)20(24)25-4)17(15)8-7-16-10-13-26-18(16)14-23/h10,13-14,17,19H,1,5-9,11-12H2,2-4H3. The van der Waals surface area contributed by atoms with Crippen LogP contribution in [0.4, 0.5) is 0 Å². The number of allylic oxidation sites excluding steroid dienone is 1. The van der Waals surface area contributed by atoms with Crippen LogP contribution >= 0.6 is 0 Å². The van der Waals surface area contributed by atoms with Gasteiger partial charge in [0.2, 0.25) is 0 Å². The van der Waals surface area contributed by atoms with Gasteiger partial charge < -0.3 is 9.15 Å². The molecule has 0 radical (unpaired) electrons. The highest BCUT2D eigenvalue weighted by Gasteiger charge is 2.57. The molecule has 0 aliphatic heterocycles. The molecule has 26 heavy (non-hydrogen) atoms. The third kappa shape index (κ3) is 2.93. The minimum absolute atomic E-state index is 0.0433. The molecule has 1 aromatic rings. The first-order valence-corrected chi connectivity index (χ1v) is 9.64. The largest absolute Gasteiger partial charge is 0.469 e. The molecule has 1 aromatic heterocycles. The molecule has 2 aliphatic rings. The van der Waals surface area contributed by atoms with Crippen molar-refractivity contribution in [3.8, 4) is 0 Å². The lowest BCUT2D eigenvalue weighted by Crippen LogP contribution is -2.53. The van der Waals surface area contributed by atoms with Gasteiger partial charge in [-0.3, -0.25) is 9.59 Å². The molecule has 0 amide bonds. The van der Waals surface area contributed by atoms with Gasteiger partial charge in [-0.25, -0.2) is 0 Å². The lowest BCUT2D eigenvalue weighted by Gasteiger charge is -2.57. The van der Waals surface area contributed by atoms with Crippen molar-refractivity contribution < 1.29 is 18.7 Å². The SMILES string of the molecule is C=C1CCC2C(C)(C(=O)OC)CCCC2(C)C1CCc1ccoc1C=O. The van der Waals surface area contributed by atoms with Crippen molar-refractivity contribution in [1.29, 1.82) is 0 Å². The quantitative estimate of drug-likeness (QED) is 0.423. The van der Waals surface area contributed by atoms with E-state index in [1.807, 2.05) is 6.07 Å². The van der Waals surface area contributed by atoms with Crippen LogP contribution in [-0.2, 0) is 16.0 Å². The molecule has 0 spiro atoms. The fourth-order valence-electron chi connectivity index (χ4n) is 5.92. The summed E-state index contributed by atoms with van der Waals surface area (Å²) >= 11 is 0. The normalized spacial score (nSPS) is 34.2. The minimum atomic E-state index is -0.412. The first-order valence-electron chi connectivity index (χ1n) is 9.64. The summed E-state index contributed by atoms with van der Waals surface area (Å²) in [7, 11) is 1.50. The van der Waals surface area contributed by atoms with Crippen molar-refractivity contribution in [3.63, 3.8) is 0 Å². The van der Waals surface area contributed by atoms with Crippen molar-refractivity contribution in [1.82, 2.24) is 0 Å². The van der Waals surface area contributed by atoms with Crippen molar-refractivity contribution in [2.45, 2.75) is 58.8 Å². The Morgan fingerprint density at radius 3 is 2.88 bits per heavy atom. The van der Waals surface area contributed by atoms with Gasteiger partial charge in [-0.2, -0.15) is 0 Å². The summed E-state index contributed by atoms with van der Waals surface area (Å²) < 4.78 is 10.4. The number of methoxy groups -OCH3 is 1. The van der Waals surface area contributed by atoms with E-state index in [0.29, 0.717) is 17.6 Å². The van der Waals surface area contributed by atoms with Gasteiger partial charge >= 0.3 is 5.97 Å². The Kier molecular flexibility index (Phi) is 5.14. The van der Waals surface area contributed by atoms with Crippen LogP contribution in [0.2, 0.25) is 0 Å². The number of rotatable bonds is 5. The molecular weight excluding hydrogens is 328 g/mol. The number of furan rings is 1. The Bertz CT molecular complexity index is 703. The second-order valence-corrected chi connectivity index (χ2v) is 8.54. The van der Waals surface area contributed by atoms with Gasteiger partial charge in [0.05, 0.1) is 18.8 Å². The fourth-order valence-corrected chi connectivity index (χ4v) is 5.92. The maximum absolute atomic E-state index is 12.6. The molecule has 4 unspecified atom stereocenters. The molecule has 2 fully saturated rings. The molecule has 0 aromatic carbocycles. The molecule has 3 rings (SSSR count). The zero-order valence-corrected chi connectivity index (χ0v) is 16.2. The molecule has 2 aliphatic carbocycles. The predicted molar refractivity (Wildman–Crippen MR) is 99.9 cm³/mol. The predicted octanol–water partition coefficient (Wildman–Crippen LogP) is 4.98. The van der Waals surface area contributed by atoms with Crippen LogP contribution in [0, 0.1) is 22.7 Å². The Morgan fingerprint density at radius 2 is 2.19 bits per heavy atom.